The molecule has 61 heavy (non-hydrogen) atoms. The van der Waals surface area contributed by atoms with Crippen molar-refractivity contribution < 1.29 is 8.83 Å². The molecule has 2 aromatic heterocycles. The zero-order valence-electron chi connectivity index (χ0n) is 34.5. The lowest BCUT2D eigenvalue weighted by Crippen LogP contribution is -2.16. The van der Waals surface area contributed by atoms with Gasteiger partial charge in [0.15, 0.2) is 5.58 Å². The monoisotopic (exact) mass is 783 g/mol. The van der Waals surface area contributed by atoms with E-state index in [4.69, 9.17) is 8.83 Å². The number of anilines is 3. The molecule has 0 aliphatic heterocycles. The molecule has 0 radical (unpaired) electrons. The summed E-state index contributed by atoms with van der Waals surface area (Å²) in [5.74, 6) is 0. The summed E-state index contributed by atoms with van der Waals surface area (Å²) >= 11 is 0. The second kappa shape index (κ2) is 12.1. The predicted molar refractivity (Wildman–Crippen MR) is 254 cm³/mol. The Balaban J connectivity index is 1.10. The van der Waals surface area contributed by atoms with Crippen LogP contribution in [-0.4, -0.2) is 0 Å². The summed E-state index contributed by atoms with van der Waals surface area (Å²) in [5, 5.41) is 6.59. The SMILES string of the molecule is CC1(C)c2ccccc2-c2ccc(-c3c4oc5c(N(c6ccc7c(c6)C(C)(C)c6ccccc6-7)c6cccc7ccccc67)cccc5c4cc4oc5ccccc5c34)cc21. The number of fused-ring (bicyclic) bond motifs is 13. The van der Waals surface area contributed by atoms with Gasteiger partial charge in [0.1, 0.15) is 16.7 Å². The van der Waals surface area contributed by atoms with Crippen LogP contribution in [0.1, 0.15) is 49.9 Å². The first-order chi connectivity index (χ1) is 29.8. The van der Waals surface area contributed by atoms with E-state index in [1.165, 1.54) is 55.3 Å². The van der Waals surface area contributed by atoms with Crippen LogP contribution in [0.2, 0.25) is 0 Å². The summed E-state index contributed by atoms with van der Waals surface area (Å²) in [5.41, 5.74) is 19.0. The van der Waals surface area contributed by atoms with Gasteiger partial charge in [-0.1, -0.05) is 161 Å². The van der Waals surface area contributed by atoms with E-state index in [2.05, 4.69) is 202 Å². The van der Waals surface area contributed by atoms with Crippen LogP contribution < -0.4 is 4.90 Å². The van der Waals surface area contributed by atoms with Crippen molar-refractivity contribution >= 4 is 71.7 Å². The molecule has 0 bridgehead atoms. The molecule has 2 heterocycles. The highest BCUT2D eigenvalue weighted by Gasteiger charge is 2.37. The Bertz CT molecular complexity index is 3660. The molecule has 3 heteroatoms. The van der Waals surface area contributed by atoms with Gasteiger partial charge in [-0.15, -0.1) is 0 Å². The molecule has 290 valence electrons. The fraction of sp³-hybridized carbons (Fsp3) is 0.103. The van der Waals surface area contributed by atoms with Crippen LogP contribution in [-0.2, 0) is 10.8 Å². The van der Waals surface area contributed by atoms with Crippen molar-refractivity contribution in [3.63, 3.8) is 0 Å². The summed E-state index contributed by atoms with van der Waals surface area (Å²) in [4.78, 5) is 2.42. The predicted octanol–water partition coefficient (Wildman–Crippen LogP) is 16.4. The van der Waals surface area contributed by atoms with Crippen molar-refractivity contribution in [1.82, 2.24) is 0 Å². The lowest BCUT2D eigenvalue weighted by Gasteiger charge is -2.29. The van der Waals surface area contributed by atoms with Gasteiger partial charge in [0, 0.05) is 49.0 Å². The van der Waals surface area contributed by atoms with Crippen LogP contribution in [0.15, 0.2) is 185 Å². The minimum Gasteiger partial charge on any atom is -0.456 e. The zero-order valence-corrected chi connectivity index (χ0v) is 34.5. The fourth-order valence-electron chi connectivity index (χ4n) is 11.1. The number of rotatable bonds is 4. The Labute approximate surface area is 354 Å². The molecular weight excluding hydrogens is 743 g/mol. The molecule has 11 aromatic rings. The first kappa shape index (κ1) is 34.5. The minimum absolute atomic E-state index is 0.154. The average Bonchev–Trinajstić information content (AvgIpc) is 3.98. The summed E-state index contributed by atoms with van der Waals surface area (Å²) < 4.78 is 14.2. The van der Waals surface area contributed by atoms with Crippen LogP contribution >= 0.6 is 0 Å². The molecule has 0 spiro atoms. The summed E-state index contributed by atoms with van der Waals surface area (Å²) in [6.07, 6.45) is 0. The highest BCUT2D eigenvalue weighted by molar-refractivity contribution is 6.24. The standard InChI is InChI=1S/C58H41NO2/c1-57(2)45-22-10-7-18-38(45)40-29-27-35(31-47(40)57)53-54-43-20-9-12-26-51(43)60-52(54)33-44-42-21-14-25-50(55(42)61-56(44)53)59(49-24-13-16-34-15-5-6-17-37(34)49)36-28-30-41-39-19-8-11-23-46(39)58(3,4)48(41)32-36/h5-33H,1-4H3. The van der Waals surface area contributed by atoms with Gasteiger partial charge in [0.25, 0.3) is 0 Å². The van der Waals surface area contributed by atoms with Crippen molar-refractivity contribution in [2.24, 2.45) is 0 Å². The van der Waals surface area contributed by atoms with Gasteiger partial charge < -0.3 is 13.7 Å². The van der Waals surface area contributed by atoms with E-state index in [0.29, 0.717) is 0 Å². The molecule has 3 nitrogen and oxygen atoms in total. The summed E-state index contributed by atoms with van der Waals surface area (Å²) in [6, 6.07) is 64.2. The minimum atomic E-state index is -0.157. The number of para-hydroxylation sites is 2. The van der Waals surface area contributed by atoms with Crippen molar-refractivity contribution in [3.8, 4) is 33.4 Å². The van der Waals surface area contributed by atoms with E-state index in [0.717, 1.165) is 72.1 Å². The lowest BCUT2D eigenvalue weighted by molar-refractivity contribution is 0.659. The second-order valence-electron chi connectivity index (χ2n) is 18.0. The molecule has 0 atom stereocenters. The molecule has 0 saturated carbocycles. The van der Waals surface area contributed by atoms with Crippen molar-refractivity contribution in [1.29, 1.82) is 0 Å². The van der Waals surface area contributed by atoms with E-state index < -0.39 is 0 Å². The number of nitrogens with zero attached hydrogens (tertiary/aromatic N) is 1. The third-order valence-corrected chi connectivity index (χ3v) is 14.1. The maximum atomic E-state index is 7.47. The van der Waals surface area contributed by atoms with Crippen LogP contribution in [0.5, 0.6) is 0 Å². The molecule has 0 unspecified atom stereocenters. The number of hydrogen-bond acceptors (Lipinski definition) is 3. The topological polar surface area (TPSA) is 29.5 Å². The molecule has 9 aromatic carbocycles. The number of furan rings is 2. The van der Waals surface area contributed by atoms with Crippen LogP contribution in [0.3, 0.4) is 0 Å². The Hall–Kier alpha value is -7.36. The fourth-order valence-corrected chi connectivity index (χ4v) is 11.1. The van der Waals surface area contributed by atoms with E-state index in [9.17, 15) is 0 Å². The molecule has 2 aliphatic rings. The maximum Gasteiger partial charge on any atom is 0.159 e. The zero-order chi connectivity index (χ0) is 40.8. The Kier molecular flexibility index (Phi) is 6.85. The number of benzene rings is 9. The Morgan fingerprint density at radius 1 is 0.393 bits per heavy atom. The van der Waals surface area contributed by atoms with Crippen LogP contribution in [0.25, 0.3) is 88.0 Å². The van der Waals surface area contributed by atoms with Crippen LogP contribution in [0, 0.1) is 0 Å². The molecule has 0 N–H and O–H groups in total. The third kappa shape index (κ3) is 4.64. The van der Waals surface area contributed by atoms with Crippen molar-refractivity contribution in [2.75, 3.05) is 4.90 Å². The smallest absolute Gasteiger partial charge is 0.159 e. The number of hydrogen-bond donors (Lipinski definition) is 0. The van der Waals surface area contributed by atoms with E-state index in [1.54, 1.807) is 0 Å². The van der Waals surface area contributed by atoms with Gasteiger partial charge in [-0.25, -0.2) is 0 Å². The van der Waals surface area contributed by atoms with E-state index in [1.807, 2.05) is 6.07 Å². The first-order valence-electron chi connectivity index (χ1n) is 21.3. The lowest BCUT2D eigenvalue weighted by atomic mass is 9.81. The van der Waals surface area contributed by atoms with Crippen LogP contribution in [0.4, 0.5) is 17.1 Å². The largest absolute Gasteiger partial charge is 0.456 e. The maximum absolute atomic E-state index is 7.47. The van der Waals surface area contributed by atoms with Gasteiger partial charge >= 0.3 is 0 Å². The average molecular weight is 784 g/mol. The molecular formula is C58H41NO2. The van der Waals surface area contributed by atoms with Gasteiger partial charge in [0.2, 0.25) is 0 Å². The van der Waals surface area contributed by atoms with E-state index >= 15 is 0 Å². The Morgan fingerprint density at radius 2 is 0.984 bits per heavy atom. The molecule has 13 rings (SSSR count). The summed E-state index contributed by atoms with van der Waals surface area (Å²) in [7, 11) is 0. The van der Waals surface area contributed by atoms with E-state index in [-0.39, 0.29) is 10.8 Å². The van der Waals surface area contributed by atoms with Crippen molar-refractivity contribution in [3.05, 3.63) is 198 Å². The third-order valence-electron chi connectivity index (χ3n) is 14.1. The first-order valence-corrected chi connectivity index (χ1v) is 21.3. The summed E-state index contributed by atoms with van der Waals surface area (Å²) in [6.45, 7) is 9.39. The molecule has 0 fully saturated rings. The highest BCUT2D eigenvalue weighted by Crippen LogP contribution is 2.54. The molecule has 2 aliphatic carbocycles. The Morgan fingerprint density at radius 3 is 1.77 bits per heavy atom. The normalized spacial score (nSPS) is 14.5. The molecule has 0 amide bonds. The van der Waals surface area contributed by atoms with Gasteiger partial charge in [-0.2, -0.15) is 0 Å². The second-order valence-corrected chi connectivity index (χ2v) is 18.0. The van der Waals surface area contributed by atoms with Gasteiger partial charge in [-0.3, -0.25) is 0 Å². The quantitative estimate of drug-likeness (QED) is 0.178. The van der Waals surface area contributed by atoms with Crippen molar-refractivity contribution in [2.45, 2.75) is 38.5 Å². The molecule has 0 saturated heterocycles. The van der Waals surface area contributed by atoms with Gasteiger partial charge in [-0.05, 0) is 97.9 Å². The van der Waals surface area contributed by atoms with Gasteiger partial charge in [0.05, 0.1) is 11.4 Å². The highest BCUT2D eigenvalue weighted by atomic mass is 16.3.